The lowest BCUT2D eigenvalue weighted by Crippen LogP contribution is -2.39. The summed E-state index contributed by atoms with van der Waals surface area (Å²) in [6, 6.07) is 8.39. The second kappa shape index (κ2) is 8.13. The Balaban J connectivity index is 1.78. The third kappa shape index (κ3) is 3.89. The van der Waals surface area contributed by atoms with E-state index in [0.29, 0.717) is 17.7 Å². The van der Waals surface area contributed by atoms with Gasteiger partial charge in [0.05, 0.1) is 22.9 Å². The van der Waals surface area contributed by atoms with Crippen LogP contribution in [0.2, 0.25) is 0 Å². The molecule has 2 aromatic rings. The maximum Gasteiger partial charge on any atom is 0.243 e. The number of nitrogens with zero attached hydrogens (tertiary/aromatic N) is 2. The highest BCUT2D eigenvalue weighted by atomic mass is 32.2. The lowest BCUT2D eigenvalue weighted by Gasteiger charge is -2.21. The molecule has 1 aromatic carbocycles. The van der Waals surface area contributed by atoms with E-state index in [-0.39, 0.29) is 29.3 Å². The number of hydrogen-bond acceptors (Lipinski definition) is 5. The Bertz CT molecular complexity index is 1060. The van der Waals surface area contributed by atoms with Gasteiger partial charge < -0.3 is 10.2 Å². The topological polar surface area (TPSA) is 86.8 Å². The van der Waals surface area contributed by atoms with Crippen molar-refractivity contribution in [3.63, 3.8) is 0 Å². The number of carbonyl (C=O) groups is 2. The summed E-state index contributed by atoms with van der Waals surface area (Å²) in [4.78, 5) is 27.6. The quantitative estimate of drug-likeness (QED) is 0.704. The highest BCUT2D eigenvalue weighted by Crippen LogP contribution is 2.41. The summed E-state index contributed by atoms with van der Waals surface area (Å²) >= 11 is 1.55. The smallest absolute Gasteiger partial charge is 0.243 e. The summed E-state index contributed by atoms with van der Waals surface area (Å²) in [5, 5.41) is 4.85. The molecule has 2 amide bonds. The Labute approximate surface area is 181 Å². The van der Waals surface area contributed by atoms with Crippen LogP contribution in [0.25, 0.3) is 0 Å². The van der Waals surface area contributed by atoms with E-state index in [9.17, 15) is 18.0 Å². The molecule has 1 atom stereocenters. The molecule has 162 valence electrons. The van der Waals surface area contributed by atoms with Crippen molar-refractivity contribution in [3.8, 4) is 0 Å². The van der Waals surface area contributed by atoms with Gasteiger partial charge in [-0.2, -0.15) is 4.31 Å². The zero-order chi connectivity index (χ0) is 22.3. The number of thiophene rings is 1. The minimum absolute atomic E-state index is 0.0676. The summed E-state index contributed by atoms with van der Waals surface area (Å²) in [6.07, 6.45) is 0.712. The van der Waals surface area contributed by atoms with E-state index < -0.39 is 15.4 Å². The molecule has 2 heterocycles. The number of rotatable bonds is 7. The molecule has 0 fully saturated rings. The van der Waals surface area contributed by atoms with E-state index >= 15 is 0 Å². The van der Waals surface area contributed by atoms with Crippen LogP contribution in [-0.4, -0.2) is 45.2 Å². The van der Waals surface area contributed by atoms with Gasteiger partial charge in [-0.25, -0.2) is 8.42 Å². The molecule has 1 N–H and O–H groups in total. The average Bonchev–Trinajstić information content (AvgIpc) is 3.29. The van der Waals surface area contributed by atoms with Crippen molar-refractivity contribution < 1.29 is 18.0 Å². The predicted molar refractivity (Wildman–Crippen MR) is 118 cm³/mol. The first-order valence-electron chi connectivity index (χ1n) is 9.72. The molecule has 0 saturated heterocycles. The highest BCUT2D eigenvalue weighted by Gasteiger charge is 2.43. The normalized spacial score (nSPS) is 16.6. The third-order valence-corrected chi connectivity index (χ3v) is 8.33. The number of fused-ring (bicyclic) bond motifs is 1. The van der Waals surface area contributed by atoms with Crippen molar-refractivity contribution in [2.24, 2.45) is 0 Å². The SMILES string of the molecule is CCC(NC(=O)CN(C)S(=O)(=O)c1ccc2c(c1)C(C)(C)C(=O)N2C)c1cccs1. The van der Waals surface area contributed by atoms with Gasteiger partial charge in [-0.15, -0.1) is 11.3 Å². The van der Waals surface area contributed by atoms with E-state index in [2.05, 4.69) is 5.32 Å². The second-order valence-corrected chi connectivity index (χ2v) is 11.0. The van der Waals surface area contributed by atoms with Crippen LogP contribution in [0.4, 0.5) is 5.69 Å². The minimum atomic E-state index is -3.89. The lowest BCUT2D eigenvalue weighted by atomic mass is 9.86. The molecule has 0 spiro atoms. The van der Waals surface area contributed by atoms with Crippen molar-refractivity contribution in [3.05, 3.63) is 46.2 Å². The first-order chi connectivity index (χ1) is 14.0. The Morgan fingerprint density at radius 3 is 2.60 bits per heavy atom. The molecular weight excluding hydrogens is 422 g/mol. The molecule has 0 saturated carbocycles. The summed E-state index contributed by atoms with van der Waals surface area (Å²) in [5.41, 5.74) is 0.560. The molecule has 1 unspecified atom stereocenters. The second-order valence-electron chi connectivity index (χ2n) is 7.97. The fourth-order valence-electron chi connectivity index (χ4n) is 3.68. The van der Waals surface area contributed by atoms with Crippen molar-refractivity contribution >= 4 is 38.9 Å². The number of carbonyl (C=O) groups excluding carboxylic acids is 2. The fraction of sp³-hybridized carbons (Fsp3) is 0.429. The van der Waals surface area contributed by atoms with Gasteiger partial charge in [0.15, 0.2) is 0 Å². The summed E-state index contributed by atoms with van der Waals surface area (Å²) in [6.45, 7) is 5.24. The summed E-state index contributed by atoms with van der Waals surface area (Å²) < 4.78 is 27.2. The van der Waals surface area contributed by atoms with Gasteiger partial charge in [-0.3, -0.25) is 9.59 Å². The molecule has 0 aliphatic carbocycles. The van der Waals surface area contributed by atoms with Crippen molar-refractivity contribution in [1.29, 1.82) is 0 Å². The molecule has 1 aliphatic rings. The Hall–Kier alpha value is -2.23. The van der Waals surface area contributed by atoms with E-state index in [4.69, 9.17) is 0 Å². The molecule has 1 aliphatic heterocycles. The number of anilines is 1. The van der Waals surface area contributed by atoms with E-state index in [1.807, 2.05) is 24.4 Å². The largest absolute Gasteiger partial charge is 0.347 e. The predicted octanol–water partition coefficient (Wildman–Crippen LogP) is 2.89. The van der Waals surface area contributed by atoms with Gasteiger partial charge in [-0.1, -0.05) is 13.0 Å². The van der Waals surface area contributed by atoms with Gasteiger partial charge in [0.1, 0.15) is 0 Å². The van der Waals surface area contributed by atoms with Crippen molar-refractivity contribution in [1.82, 2.24) is 9.62 Å². The lowest BCUT2D eigenvalue weighted by molar-refractivity contribution is -0.122. The van der Waals surface area contributed by atoms with Crippen LogP contribution in [0.5, 0.6) is 0 Å². The van der Waals surface area contributed by atoms with E-state index in [1.54, 1.807) is 49.3 Å². The molecule has 9 heteroatoms. The molecular formula is C21H27N3O4S2. The first kappa shape index (κ1) is 22.5. The average molecular weight is 450 g/mol. The highest BCUT2D eigenvalue weighted by molar-refractivity contribution is 7.89. The molecule has 0 radical (unpaired) electrons. The fourth-order valence-corrected chi connectivity index (χ4v) is 5.70. The number of sulfonamides is 1. The Morgan fingerprint density at radius 1 is 1.30 bits per heavy atom. The number of benzene rings is 1. The minimum Gasteiger partial charge on any atom is -0.347 e. The van der Waals surface area contributed by atoms with Crippen LogP contribution in [-0.2, 0) is 25.0 Å². The van der Waals surface area contributed by atoms with Gasteiger partial charge in [0.2, 0.25) is 21.8 Å². The molecule has 30 heavy (non-hydrogen) atoms. The summed E-state index contributed by atoms with van der Waals surface area (Å²) in [7, 11) is -0.827. The maximum atomic E-state index is 13.1. The number of amides is 2. The van der Waals surface area contributed by atoms with Crippen LogP contribution in [0.3, 0.4) is 0 Å². The summed E-state index contributed by atoms with van der Waals surface area (Å²) in [5.74, 6) is -0.448. The molecule has 3 rings (SSSR count). The van der Waals surface area contributed by atoms with Crippen LogP contribution in [0, 0.1) is 0 Å². The van der Waals surface area contributed by atoms with Crippen LogP contribution >= 0.6 is 11.3 Å². The standard InChI is InChI=1S/C21H27N3O4S2/c1-6-16(18-8-7-11-29-18)22-19(25)13-23(4)30(27,28)14-9-10-17-15(12-14)21(2,3)20(26)24(17)5/h7-12,16H,6,13H2,1-5H3,(H,22,25). The van der Waals surface area contributed by atoms with Gasteiger partial charge in [-0.05, 0) is 55.5 Å². The van der Waals surface area contributed by atoms with Crippen LogP contribution in [0.15, 0.2) is 40.6 Å². The van der Waals surface area contributed by atoms with Gasteiger partial charge in [0.25, 0.3) is 0 Å². The van der Waals surface area contributed by atoms with Crippen LogP contribution in [0.1, 0.15) is 43.7 Å². The Kier molecular flexibility index (Phi) is 6.08. The van der Waals surface area contributed by atoms with Gasteiger partial charge >= 0.3 is 0 Å². The zero-order valence-corrected chi connectivity index (χ0v) is 19.4. The van der Waals surface area contributed by atoms with Crippen LogP contribution < -0.4 is 10.2 Å². The third-order valence-electron chi connectivity index (χ3n) is 5.55. The Morgan fingerprint density at radius 2 is 2.00 bits per heavy atom. The maximum absolute atomic E-state index is 13.1. The number of hydrogen-bond donors (Lipinski definition) is 1. The monoisotopic (exact) mass is 449 g/mol. The number of likely N-dealkylation sites (N-methyl/N-ethyl adjacent to an activating group) is 2. The molecule has 0 bridgehead atoms. The number of nitrogens with one attached hydrogen (secondary N) is 1. The first-order valence-corrected chi connectivity index (χ1v) is 12.0. The van der Waals surface area contributed by atoms with E-state index in [1.165, 1.54) is 13.1 Å². The van der Waals surface area contributed by atoms with Crippen molar-refractivity contribution in [2.45, 2.75) is 43.5 Å². The molecule has 1 aromatic heterocycles. The molecule has 7 nitrogen and oxygen atoms in total. The zero-order valence-electron chi connectivity index (χ0n) is 17.8. The van der Waals surface area contributed by atoms with Crippen molar-refractivity contribution in [2.75, 3.05) is 25.5 Å². The van der Waals surface area contributed by atoms with Gasteiger partial charge in [0, 0.05) is 24.7 Å². The van der Waals surface area contributed by atoms with E-state index in [0.717, 1.165) is 9.18 Å².